The number of nitrogens with zero attached hydrogens (tertiary/aromatic N) is 1. The lowest BCUT2D eigenvalue weighted by Crippen LogP contribution is -2.32. The van der Waals surface area contributed by atoms with Crippen molar-refractivity contribution < 1.29 is 14.5 Å². The zero-order valence-electron chi connectivity index (χ0n) is 14.2. The number of nitrogens with two attached hydrogens (primary N) is 2. The fraction of sp³-hybridized carbons (Fsp3) is 0.0476. The molecule has 0 bridgehead atoms. The van der Waals surface area contributed by atoms with Gasteiger partial charge in [0.25, 0.3) is 0 Å². The molecule has 4 rings (SSSR count). The van der Waals surface area contributed by atoms with Crippen LogP contribution in [0, 0.1) is 0 Å². The van der Waals surface area contributed by atoms with Gasteiger partial charge in [-0.15, -0.1) is 0 Å². The van der Waals surface area contributed by atoms with E-state index < -0.39 is 5.97 Å². The van der Waals surface area contributed by atoms with Gasteiger partial charge in [-0.25, -0.2) is 4.79 Å². The molecule has 4 aromatic rings. The maximum Gasteiger partial charge on any atom is 0.336 e. The van der Waals surface area contributed by atoms with Crippen LogP contribution in [0.15, 0.2) is 60.7 Å². The van der Waals surface area contributed by atoms with Crippen molar-refractivity contribution in [3.05, 3.63) is 66.2 Å². The topological polar surface area (TPSA) is 93.2 Å². The van der Waals surface area contributed by atoms with Crippen LogP contribution in [0.4, 0.5) is 11.4 Å². The summed E-state index contributed by atoms with van der Waals surface area (Å²) in [5, 5.41) is 12.1. The number of carboxylic acid groups (broad SMARTS) is 1. The second-order valence-electron chi connectivity index (χ2n) is 6.35. The summed E-state index contributed by atoms with van der Waals surface area (Å²) in [6.45, 7) is 0. The standard InChI is InChI=1S/C21H17N3O2/c1-24-18-11-13(22)7-8-15(18)19-16(9-14(23)10-17(19)21(25)26)20(24)12-5-3-2-4-6-12/h2-11,22H,23H2,1H3,(H,25,26)/p+1. The normalized spacial score (nSPS) is 11.1. The van der Waals surface area contributed by atoms with Gasteiger partial charge in [0.2, 0.25) is 11.2 Å². The zero-order chi connectivity index (χ0) is 18.4. The van der Waals surface area contributed by atoms with Crippen LogP contribution in [-0.4, -0.2) is 11.1 Å². The second-order valence-corrected chi connectivity index (χ2v) is 6.35. The van der Waals surface area contributed by atoms with Crippen LogP contribution in [0.5, 0.6) is 0 Å². The number of hydrogen-bond donors (Lipinski definition) is 3. The smallest absolute Gasteiger partial charge is 0.336 e. The van der Waals surface area contributed by atoms with E-state index in [0.29, 0.717) is 16.8 Å². The summed E-state index contributed by atoms with van der Waals surface area (Å²) in [7, 11) is 1.95. The van der Waals surface area contributed by atoms with Crippen LogP contribution in [0.1, 0.15) is 10.4 Å². The Labute approximate surface area is 150 Å². The predicted molar refractivity (Wildman–Crippen MR) is 104 cm³/mol. The van der Waals surface area contributed by atoms with Crippen molar-refractivity contribution in [3.8, 4) is 11.3 Å². The van der Waals surface area contributed by atoms with Gasteiger partial charge in [-0.3, -0.25) is 0 Å². The highest BCUT2D eigenvalue weighted by atomic mass is 16.4. The van der Waals surface area contributed by atoms with Crippen molar-refractivity contribution in [1.82, 2.24) is 0 Å². The highest BCUT2D eigenvalue weighted by Crippen LogP contribution is 2.35. The van der Waals surface area contributed by atoms with E-state index in [4.69, 9.17) is 11.5 Å². The van der Waals surface area contributed by atoms with Gasteiger partial charge in [0, 0.05) is 28.4 Å². The minimum absolute atomic E-state index is 0.188. The summed E-state index contributed by atoms with van der Waals surface area (Å²) in [6.07, 6.45) is 0. The van der Waals surface area contributed by atoms with Gasteiger partial charge in [0.15, 0.2) is 0 Å². The second kappa shape index (κ2) is 5.74. The van der Waals surface area contributed by atoms with E-state index in [9.17, 15) is 9.90 Å². The molecule has 128 valence electrons. The number of hydrogen-bond acceptors (Lipinski definition) is 3. The molecule has 3 aromatic carbocycles. The Bertz CT molecular complexity index is 1180. The van der Waals surface area contributed by atoms with Crippen LogP contribution in [-0.2, 0) is 7.05 Å². The molecule has 0 unspecified atom stereocenters. The lowest BCUT2D eigenvalue weighted by molar-refractivity contribution is -0.632. The maximum atomic E-state index is 11.9. The number of aryl methyl sites for hydroxylation is 1. The molecule has 1 aromatic heterocycles. The SMILES string of the molecule is C[n+]1c(-c2ccccc2)c2cc(N)cc(C(=O)O)c2c2ccc(N)cc21. The number of benzene rings is 3. The zero-order valence-corrected chi connectivity index (χ0v) is 14.2. The van der Waals surface area contributed by atoms with E-state index in [2.05, 4.69) is 0 Å². The Hall–Kier alpha value is -3.60. The lowest BCUT2D eigenvalue weighted by atomic mass is 9.95. The molecule has 5 N–H and O–H groups in total. The van der Waals surface area contributed by atoms with Gasteiger partial charge >= 0.3 is 5.97 Å². The third-order valence-electron chi connectivity index (χ3n) is 4.68. The summed E-state index contributed by atoms with van der Waals surface area (Å²) >= 11 is 0. The number of carboxylic acids is 1. The van der Waals surface area contributed by atoms with Crippen LogP contribution >= 0.6 is 0 Å². The maximum absolute atomic E-state index is 11.9. The number of pyridine rings is 1. The molecule has 0 aliphatic heterocycles. The number of carbonyl (C=O) groups is 1. The number of rotatable bonds is 2. The molecule has 0 aliphatic rings. The average Bonchev–Trinajstić information content (AvgIpc) is 2.62. The Kier molecular flexibility index (Phi) is 3.51. The first kappa shape index (κ1) is 15.9. The van der Waals surface area contributed by atoms with Crippen LogP contribution in [0.2, 0.25) is 0 Å². The number of anilines is 2. The summed E-state index contributed by atoms with van der Waals surface area (Å²) in [5.41, 5.74) is 16.0. The van der Waals surface area contributed by atoms with Crippen LogP contribution < -0.4 is 16.0 Å². The molecule has 0 radical (unpaired) electrons. The summed E-state index contributed by atoms with van der Waals surface area (Å²) < 4.78 is 2.04. The third kappa shape index (κ3) is 2.33. The fourth-order valence-corrected chi connectivity index (χ4v) is 3.59. The molecule has 0 amide bonds. The molecule has 0 fully saturated rings. The Morgan fingerprint density at radius 2 is 1.65 bits per heavy atom. The van der Waals surface area contributed by atoms with E-state index >= 15 is 0 Å². The summed E-state index contributed by atoms with van der Waals surface area (Å²) in [6, 6.07) is 18.7. The van der Waals surface area contributed by atoms with Crippen molar-refractivity contribution >= 4 is 39.0 Å². The Morgan fingerprint density at radius 3 is 2.35 bits per heavy atom. The van der Waals surface area contributed by atoms with E-state index in [1.807, 2.05) is 60.1 Å². The first-order valence-corrected chi connectivity index (χ1v) is 8.20. The monoisotopic (exact) mass is 344 g/mol. The van der Waals surface area contributed by atoms with E-state index in [1.54, 1.807) is 6.07 Å². The fourth-order valence-electron chi connectivity index (χ4n) is 3.59. The molecule has 0 saturated carbocycles. The summed E-state index contributed by atoms with van der Waals surface area (Å²) in [5.74, 6) is -1.01. The Balaban J connectivity index is 2.33. The number of aromatic carboxylic acids is 1. The Morgan fingerprint density at radius 1 is 0.923 bits per heavy atom. The third-order valence-corrected chi connectivity index (χ3v) is 4.68. The molecule has 5 heteroatoms. The largest absolute Gasteiger partial charge is 0.478 e. The van der Waals surface area contributed by atoms with Crippen molar-refractivity contribution in [1.29, 1.82) is 0 Å². The van der Waals surface area contributed by atoms with Gasteiger partial charge in [0.1, 0.15) is 7.05 Å². The number of fused-ring (bicyclic) bond motifs is 3. The molecule has 5 nitrogen and oxygen atoms in total. The predicted octanol–water partition coefficient (Wildman–Crippen LogP) is 3.35. The molecule has 0 spiro atoms. The van der Waals surface area contributed by atoms with Gasteiger partial charge in [-0.1, -0.05) is 18.2 Å². The van der Waals surface area contributed by atoms with Crippen molar-refractivity contribution in [3.63, 3.8) is 0 Å². The molecule has 1 heterocycles. The molecule has 0 aliphatic carbocycles. The quantitative estimate of drug-likeness (QED) is 0.295. The van der Waals surface area contributed by atoms with Crippen LogP contribution in [0.3, 0.4) is 0 Å². The van der Waals surface area contributed by atoms with Gasteiger partial charge < -0.3 is 16.6 Å². The summed E-state index contributed by atoms with van der Waals surface area (Å²) in [4.78, 5) is 11.9. The minimum Gasteiger partial charge on any atom is -0.478 e. The van der Waals surface area contributed by atoms with E-state index in [0.717, 1.165) is 27.5 Å². The molecule has 0 atom stereocenters. The van der Waals surface area contributed by atoms with Gasteiger partial charge in [-0.2, -0.15) is 4.57 Å². The van der Waals surface area contributed by atoms with E-state index in [1.165, 1.54) is 6.07 Å². The van der Waals surface area contributed by atoms with Crippen molar-refractivity contribution in [2.75, 3.05) is 11.5 Å². The molecule has 0 saturated heterocycles. The number of nitrogen functional groups attached to an aromatic ring is 2. The molecular weight excluding hydrogens is 326 g/mol. The highest BCUT2D eigenvalue weighted by molar-refractivity contribution is 6.18. The lowest BCUT2D eigenvalue weighted by Gasteiger charge is -2.13. The first-order chi connectivity index (χ1) is 12.5. The first-order valence-electron chi connectivity index (χ1n) is 8.20. The molecule has 26 heavy (non-hydrogen) atoms. The van der Waals surface area contributed by atoms with Crippen molar-refractivity contribution in [2.24, 2.45) is 7.05 Å². The molecular formula is C21H18N3O2+. The van der Waals surface area contributed by atoms with Gasteiger partial charge in [0.05, 0.1) is 16.3 Å². The van der Waals surface area contributed by atoms with Gasteiger partial charge in [-0.05, 0) is 36.4 Å². The van der Waals surface area contributed by atoms with E-state index in [-0.39, 0.29) is 5.56 Å². The highest BCUT2D eigenvalue weighted by Gasteiger charge is 2.24. The minimum atomic E-state index is -1.01. The number of aromatic nitrogens is 1. The van der Waals surface area contributed by atoms with Crippen molar-refractivity contribution in [2.45, 2.75) is 0 Å². The average molecular weight is 344 g/mol. The van der Waals surface area contributed by atoms with Crippen LogP contribution in [0.25, 0.3) is 32.9 Å².